The Morgan fingerprint density at radius 2 is 0.852 bits per heavy atom. The summed E-state index contributed by atoms with van der Waals surface area (Å²) in [5.74, 6) is -0.299. The SMILES string of the molecule is CC/C=C\C/C=C\C/C=C\C/C=C\C/C=C\C/C=C\C/C=C\CCCC(=O)NC(COC1OC(CO)C(OC2OC(CO)C(O)C(O)C2O)C(O)C1O)C(O)/C=C/CCCCCCCCCCCCCCCCCCCCCCCC. The van der Waals surface area contributed by atoms with Gasteiger partial charge < -0.3 is 65.1 Å². The molecule has 12 atom stereocenters. The number of aliphatic hydroxyl groups excluding tert-OH is 8. The van der Waals surface area contributed by atoms with Crippen LogP contribution in [0, 0.1) is 0 Å². The molecule has 0 aromatic carbocycles. The smallest absolute Gasteiger partial charge is 0.220 e. The maximum Gasteiger partial charge on any atom is 0.220 e. The van der Waals surface area contributed by atoms with Crippen molar-refractivity contribution in [1.82, 2.24) is 5.32 Å². The van der Waals surface area contributed by atoms with E-state index in [9.17, 15) is 45.6 Å². The average molecular weight is 1140 g/mol. The molecule has 0 spiro atoms. The molecule has 2 heterocycles. The first-order valence-corrected chi connectivity index (χ1v) is 32.0. The van der Waals surface area contributed by atoms with Crippen LogP contribution in [0.5, 0.6) is 0 Å². The number of carbonyl (C=O) groups excluding carboxylic acids is 1. The molecule has 2 fully saturated rings. The minimum atomic E-state index is -1.80. The fourth-order valence-electron chi connectivity index (χ4n) is 9.93. The van der Waals surface area contributed by atoms with E-state index in [-0.39, 0.29) is 18.9 Å². The van der Waals surface area contributed by atoms with Crippen molar-refractivity contribution in [1.29, 1.82) is 0 Å². The van der Waals surface area contributed by atoms with Gasteiger partial charge in [0, 0.05) is 6.42 Å². The molecule has 81 heavy (non-hydrogen) atoms. The van der Waals surface area contributed by atoms with E-state index >= 15 is 0 Å². The number of amides is 1. The van der Waals surface area contributed by atoms with E-state index in [0.717, 1.165) is 70.6 Å². The van der Waals surface area contributed by atoms with Gasteiger partial charge in [0.25, 0.3) is 0 Å². The predicted molar refractivity (Wildman–Crippen MR) is 327 cm³/mol. The second-order valence-electron chi connectivity index (χ2n) is 22.2. The molecule has 0 radical (unpaired) electrons. The van der Waals surface area contributed by atoms with E-state index in [1.165, 1.54) is 122 Å². The van der Waals surface area contributed by atoms with Gasteiger partial charge in [0.15, 0.2) is 12.6 Å². The third-order valence-electron chi connectivity index (χ3n) is 15.0. The van der Waals surface area contributed by atoms with Gasteiger partial charge in [0.2, 0.25) is 5.91 Å². The van der Waals surface area contributed by atoms with Crippen molar-refractivity contribution >= 4 is 5.91 Å². The Kier molecular flexibility index (Phi) is 46.9. The zero-order valence-electron chi connectivity index (χ0n) is 50.2. The molecule has 0 aromatic heterocycles. The van der Waals surface area contributed by atoms with Gasteiger partial charge in [-0.15, -0.1) is 0 Å². The lowest BCUT2D eigenvalue weighted by atomic mass is 9.97. The van der Waals surface area contributed by atoms with Crippen LogP contribution in [-0.4, -0.2) is 140 Å². The first-order valence-electron chi connectivity index (χ1n) is 32.0. The van der Waals surface area contributed by atoms with Crippen molar-refractivity contribution in [2.45, 2.75) is 299 Å². The zero-order valence-corrected chi connectivity index (χ0v) is 50.2. The van der Waals surface area contributed by atoms with Crippen LogP contribution in [0.15, 0.2) is 97.2 Å². The number of hydrogen-bond acceptors (Lipinski definition) is 13. The van der Waals surface area contributed by atoms with Gasteiger partial charge in [-0.25, -0.2) is 0 Å². The maximum atomic E-state index is 13.3. The summed E-state index contributed by atoms with van der Waals surface area (Å²) in [5, 5.41) is 87.2. The standard InChI is InChI=1S/C67H115NO13/c1-3-5-7-9-11-13-15-17-19-21-23-25-27-29-30-32-34-36-38-40-42-44-46-48-50-56(71)55(54-78-66-64(77)62(75)65(58(53-70)80-66)81-67-63(76)61(74)60(73)57(52-69)79-67)68-59(72)51-49-47-45-43-41-39-37-35-33-31-28-26-24-22-20-18-16-14-12-10-8-6-4-2/h6,8,12,14,18,20,24,26,31,33,37,39,43,45,48,50,55-58,60-67,69-71,73-77H,3-5,7,9-11,13,15-17,19,21-23,25,27-30,32,34-36,38,40-42,44,46-47,49,51-54H2,1-2H3,(H,68,72)/b8-6-,14-12-,20-18-,26-24-,33-31-,39-37-,45-43-,50-48+. The van der Waals surface area contributed by atoms with Crippen molar-refractivity contribution in [2.24, 2.45) is 0 Å². The first-order chi connectivity index (χ1) is 39.6. The molecule has 0 saturated carbocycles. The van der Waals surface area contributed by atoms with Crippen molar-refractivity contribution in [3.05, 3.63) is 97.2 Å². The summed E-state index contributed by atoms with van der Waals surface area (Å²) in [6.45, 7) is 2.65. The largest absolute Gasteiger partial charge is 0.394 e. The van der Waals surface area contributed by atoms with Crippen molar-refractivity contribution < 1.29 is 64.6 Å². The predicted octanol–water partition coefficient (Wildman–Crippen LogP) is 11.8. The van der Waals surface area contributed by atoms with Crippen molar-refractivity contribution in [2.75, 3.05) is 19.8 Å². The minimum Gasteiger partial charge on any atom is -0.394 e. The molecule has 14 nitrogen and oxygen atoms in total. The van der Waals surface area contributed by atoms with Gasteiger partial charge in [-0.3, -0.25) is 4.79 Å². The fraction of sp³-hybridized carbons (Fsp3) is 0.746. The molecule has 2 saturated heterocycles. The average Bonchev–Trinajstić information content (AvgIpc) is 3.47. The Morgan fingerprint density at radius 3 is 1.30 bits per heavy atom. The zero-order chi connectivity index (χ0) is 58.8. The van der Waals surface area contributed by atoms with E-state index in [0.29, 0.717) is 12.8 Å². The number of nitrogens with one attached hydrogen (secondary N) is 1. The lowest BCUT2D eigenvalue weighted by Crippen LogP contribution is -2.65. The number of carbonyl (C=O) groups is 1. The number of allylic oxidation sites excluding steroid dienone is 15. The van der Waals surface area contributed by atoms with Crippen LogP contribution in [-0.2, 0) is 23.7 Å². The van der Waals surface area contributed by atoms with Gasteiger partial charge in [0.1, 0.15) is 48.8 Å². The third kappa shape index (κ3) is 36.4. The molecule has 1 amide bonds. The van der Waals surface area contributed by atoms with Crippen LogP contribution in [0.2, 0.25) is 0 Å². The van der Waals surface area contributed by atoms with Gasteiger partial charge in [-0.2, -0.15) is 0 Å². The Bertz CT molecular complexity index is 1730. The summed E-state index contributed by atoms with van der Waals surface area (Å²) in [7, 11) is 0. The van der Waals surface area contributed by atoms with E-state index in [1.807, 2.05) is 12.2 Å². The van der Waals surface area contributed by atoms with Crippen LogP contribution in [0.4, 0.5) is 0 Å². The lowest BCUT2D eigenvalue weighted by molar-refractivity contribution is -0.359. The Labute approximate surface area is 490 Å². The Balaban J connectivity index is 1.78. The van der Waals surface area contributed by atoms with Crippen LogP contribution in [0.3, 0.4) is 0 Å². The summed E-state index contributed by atoms with van der Waals surface area (Å²) in [4.78, 5) is 13.3. The minimum absolute atomic E-state index is 0.196. The first kappa shape index (κ1) is 74.0. The number of aliphatic hydroxyl groups is 8. The summed E-state index contributed by atoms with van der Waals surface area (Å²) >= 11 is 0. The third-order valence-corrected chi connectivity index (χ3v) is 15.0. The Hall–Kier alpha value is -3.09. The highest BCUT2D eigenvalue weighted by Crippen LogP contribution is 2.30. The summed E-state index contributed by atoms with van der Waals surface area (Å²) in [6.07, 6.45) is 54.5. The normalized spacial score (nSPS) is 24.8. The monoisotopic (exact) mass is 1140 g/mol. The second-order valence-corrected chi connectivity index (χ2v) is 22.2. The van der Waals surface area contributed by atoms with Crippen LogP contribution < -0.4 is 5.32 Å². The topological polar surface area (TPSA) is 228 Å². The molecule has 2 aliphatic heterocycles. The number of ether oxygens (including phenoxy) is 4. The fourth-order valence-corrected chi connectivity index (χ4v) is 9.93. The lowest BCUT2D eigenvalue weighted by Gasteiger charge is -2.46. The van der Waals surface area contributed by atoms with Crippen molar-refractivity contribution in [3.63, 3.8) is 0 Å². The van der Waals surface area contributed by atoms with E-state index in [4.69, 9.17) is 18.9 Å². The molecule has 2 aliphatic rings. The van der Waals surface area contributed by atoms with E-state index in [2.05, 4.69) is 98.2 Å². The van der Waals surface area contributed by atoms with Gasteiger partial charge >= 0.3 is 0 Å². The molecule has 9 N–H and O–H groups in total. The summed E-state index contributed by atoms with van der Waals surface area (Å²) in [5.41, 5.74) is 0. The van der Waals surface area contributed by atoms with Crippen LogP contribution in [0.1, 0.15) is 226 Å². The van der Waals surface area contributed by atoms with Crippen molar-refractivity contribution in [3.8, 4) is 0 Å². The number of unbranched alkanes of at least 4 members (excludes halogenated alkanes) is 23. The van der Waals surface area contributed by atoms with Crippen LogP contribution >= 0.6 is 0 Å². The van der Waals surface area contributed by atoms with Gasteiger partial charge in [-0.1, -0.05) is 246 Å². The molecular weight excluding hydrogens is 1030 g/mol. The Morgan fingerprint density at radius 1 is 0.457 bits per heavy atom. The molecule has 2 rings (SSSR count). The molecule has 466 valence electrons. The quantitative estimate of drug-likeness (QED) is 0.0204. The summed E-state index contributed by atoms with van der Waals surface area (Å²) < 4.78 is 22.8. The highest BCUT2D eigenvalue weighted by Gasteiger charge is 2.51. The summed E-state index contributed by atoms with van der Waals surface area (Å²) in [6, 6.07) is -0.953. The highest BCUT2D eigenvalue weighted by atomic mass is 16.7. The number of hydrogen-bond donors (Lipinski definition) is 9. The molecule has 0 aliphatic carbocycles. The molecule has 0 bridgehead atoms. The van der Waals surface area contributed by atoms with Crippen LogP contribution in [0.25, 0.3) is 0 Å². The van der Waals surface area contributed by atoms with E-state index in [1.54, 1.807) is 6.08 Å². The highest BCUT2D eigenvalue weighted by molar-refractivity contribution is 5.76. The molecule has 14 heteroatoms. The van der Waals surface area contributed by atoms with E-state index < -0.39 is 86.8 Å². The van der Waals surface area contributed by atoms with Gasteiger partial charge in [-0.05, 0) is 70.6 Å². The number of rotatable bonds is 50. The molecule has 12 unspecified atom stereocenters. The molecule has 0 aromatic rings. The molecular formula is C67H115NO13. The van der Waals surface area contributed by atoms with Gasteiger partial charge in [0.05, 0.1) is 32.0 Å². The second kappa shape index (κ2) is 51.3. The maximum absolute atomic E-state index is 13.3.